The first-order valence-corrected chi connectivity index (χ1v) is 6.34. The van der Waals surface area contributed by atoms with Gasteiger partial charge in [-0.05, 0) is 0 Å². The average Bonchev–Trinajstić information content (AvgIpc) is 1.96. The molecule has 0 fully saturated rings. The van der Waals surface area contributed by atoms with Crippen LogP contribution in [0.3, 0.4) is 0 Å². The Bertz CT molecular complexity index is 271. The van der Waals surface area contributed by atoms with Gasteiger partial charge in [-0.2, -0.15) is 0 Å². The van der Waals surface area contributed by atoms with Gasteiger partial charge in [-0.1, -0.05) is 0 Å². The van der Waals surface area contributed by atoms with Crippen LogP contribution in [0.1, 0.15) is 5.56 Å². The zero-order valence-corrected chi connectivity index (χ0v) is 8.45. The third-order valence-electron chi connectivity index (χ3n) is 1.45. The van der Waals surface area contributed by atoms with Gasteiger partial charge < -0.3 is 0 Å². The summed E-state index contributed by atoms with van der Waals surface area (Å²) in [4.78, 5) is 1.99. The van der Waals surface area contributed by atoms with E-state index in [1.165, 1.54) is 6.07 Å². The van der Waals surface area contributed by atoms with E-state index < -0.39 is 11.6 Å². The fraction of sp³-hybridized carbons (Fsp3) is 0.250. The van der Waals surface area contributed by atoms with E-state index in [2.05, 4.69) is 0 Å². The molecule has 0 unspecified atom stereocenters. The molecule has 0 aromatic heterocycles. The summed E-state index contributed by atoms with van der Waals surface area (Å²) in [5, 5.41) is 0. The predicted molar refractivity (Wildman–Crippen MR) is 35.7 cm³/mol. The standard InChI is InChI=1S/C8H8F2I/c1-5-7(10)3-6(9)4-8(5)11-2/h3-4H,1-2H3/q-1. The van der Waals surface area contributed by atoms with Crippen LogP contribution in [-0.4, -0.2) is 4.93 Å². The van der Waals surface area contributed by atoms with Crippen molar-refractivity contribution >= 4 is 0 Å². The molecule has 0 amide bonds. The van der Waals surface area contributed by atoms with Crippen molar-refractivity contribution in [2.45, 2.75) is 6.92 Å². The normalized spacial score (nSPS) is 10.5. The molecule has 0 aliphatic heterocycles. The van der Waals surface area contributed by atoms with Crippen LogP contribution in [0.15, 0.2) is 12.1 Å². The van der Waals surface area contributed by atoms with Crippen molar-refractivity contribution in [2.24, 2.45) is 0 Å². The van der Waals surface area contributed by atoms with Crippen molar-refractivity contribution in [1.29, 1.82) is 0 Å². The second-order valence-electron chi connectivity index (χ2n) is 2.18. The van der Waals surface area contributed by atoms with E-state index in [1.54, 1.807) is 6.92 Å². The van der Waals surface area contributed by atoms with Gasteiger partial charge in [0.1, 0.15) is 0 Å². The SMILES string of the molecule is C[I-]c1cc(F)cc(F)c1C. The molecule has 0 heterocycles. The number of hydrogen-bond donors (Lipinski definition) is 0. The maximum atomic E-state index is 12.8. The molecule has 11 heavy (non-hydrogen) atoms. The van der Waals surface area contributed by atoms with Gasteiger partial charge in [0, 0.05) is 0 Å². The van der Waals surface area contributed by atoms with Gasteiger partial charge in [-0.25, -0.2) is 0 Å². The van der Waals surface area contributed by atoms with E-state index in [-0.39, 0.29) is 21.2 Å². The maximum absolute atomic E-state index is 12.8. The Morgan fingerprint density at radius 2 is 1.91 bits per heavy atom. The summed E-state index contributed by atoms with van der Waals surface area (Å²) in [6, 6.07) is 2.35. The van der Waals surface area contributed by atoms with Crippen LogP contribution < -0.4 is 21.2 Å². The third-order valence-corrected chi connectivity index (χ3v) is 3.73. The molecule has 62 valence electrons. The minimum absolute atomic E-state index is 0.226. The molecule has 0 saturated carbocycles. The van der Waals surface area contributed by atoms with Crippen molar-refractivity contribution in [1.82, 2.24) is 0 Å². The first kappa shape index (κ1) is 8.90. The Morgan fingerprint density at radius 1 is 1.27 bits per heavy atom. The quantitative estimate of drug-likeness (QED) is 0.461. The molecule has 0 saturated heterocycles. The monoisotopic (exact) mass is 269 g/mol. The fourth-order valence-electron chi connectivity index (χ4n) is 0.811. The first-order valence-electron chi connectivity index (χ1n) is 3.10. The minimum atomic E-state index is -0.468. The van der Waals surface area contributed by atoms with Crippen LogP contribution in [0.2, 0.25) is 0 Å². The van der Waals surface area contributed by atoms with Crippen LogP contribution in [0.25, 0.3) is 0 Å². The van der Waals surface area contributed by atoms with E-state index in [0.29, 0.717) is 5.56 Å². The van der Waals surface area contributed by atoms with Crippen LogP contribution in [0.5, 0.6) is 0 Å². The van der Waals surface area contributed by atoms with E-state index in [4.69, 9.17) is 0 Å². The van der Waals surface area contributed by atoms with Gasteiger partial charge in [0.15, 0.2) is 0 Å². The Morgan fingerprint density at radius 3 is 2.45 bits per heavy atom. The first-order chi connectivity index (χ1) is 5.15. The number of alkyl halides is 1. The van der Waals surface area contributed by atoms with Crippen molar-refractivity contribution in [3.63, 3.8) is 0 Å². The van der Waals surface area contributed by atoms with Crippen LogP contribution in [0.4, 0.5) is 8.78 Å². The van der Waals surface area contributed by atoms with Crippen LogP contribution in [0, 0.1) is 22.1 Å². The zero-order chi connectivity index (χ0) is 8.43. The van der Waals surface area contributed by atoms with E-state index in [1.807, 2.05) is 4.93 Å². The van der Waals surface area contributed by atoms with E-state index in [9.17, 15) is 8.78 Å². The number of benzene rings is 1. The van der Waals surface area contributed by atoms with Gasteiger partial charge in [-0.15, -0.1) is 0 Å². The molecule has 1 rings (SSSR count). The molecule has 1 aromatic carbocycles. The number of rotatable bonds is 1. The van der Waals surface area contributed by atoms with Gasteiger partial charge in [-0.3, -0.25) is 0 Å². The van der Waals surface area contributed by atoms with Crippen molar-refractivity contribution in [2.75, 3.05) is 4.93 Å². The summed E-state index contributed by atoms with van der Waals surface area (Å²) in [5.74, 6) is -0.897. The summed E-state index contributed by atoms with van der Waals surface area (Å²) >= 11 is -0.226. The fourth-order valence-corrected chi connectivity index (χ4v) is 2.49. The molecule has 0 spiro atoms. The molecule has 0 aliphatic rings. The molecule has 1 aromatic rings. The van der Waals surface area contributed by atoms with Gasteiger partial charge in [0.05, 0.1) is 0 Å². The van der Waals surface area contributed by atoms with Crippen molar-refractivity contribution in [3.05, 3.63) is 32.9 Å². The van der Waals surface area contributed by atoms with Gasteiger partial charge in [0.2, 0.25) is 0 Å². The topological polar surface area (TPSA) is 0 Å². The Balaban J connectivity index is 3.24. The second-order valence-corrected chi connectivity index (χ2v) is 4.42. The number of hydrogen-bond acceptors (Lipinski definition) is 0. The second kappa shape index (κ2) is 3.47. The number of halogens is 3. The zero-order valence-electron chi connectivity index (χ0n) is 6.29. The molecular formula is C8H8F2I-. The molecule has 0 bridgehead atoms. The van der Waals surface area contributed by atoms with E-state index in [0.717, 1.165) is 9.64 Å². The van der Waals surface area contributed by atoms with Crippen LogP contribution in [-0.2, 0) is 0 Å². The third kappa shape index (κ3) is 1.89. The van der Waals surface area contributed by atoms with Gasteiger partial charge in [0.25, 0.3) is 0 Å². The molecule has 0 aliphatic carbocycles. The molecule has 0 nitrogen and oxygen atoms in total. The average molecular weight is 269 g/mol. The Kier molecular flexibility index (Phi) is 2.81. The molecule has 3 heteroatoms. The Hall–Kier alpha value is -0.190. The molecule has 0 radical (unpaired) electrons. The summed E-state index contributed by atoms with van der Waals surface area (Å²) in [5.41, 5.74) is 0.599. The summed E-state index contributed by atoms with van der Waals surface area (Å²) in [7, 11) is 0. The summed E-state index contributed by atoms with van der Waals surface area (Å²) < 4.78 is 26.2. The van der Waals surface area contributed by atoms with Crippen molar-refractivity contribution in [3.8, 4) is 0 Å². The molecular weight excluding hydrogens is 261 g/mol. The Labute approximate surface area is 74.9 Å². The van der Waals surface area contributed by atoms with E-state index >= 15 is 0 Å². The summed E-state index contributed by atoms with van der Waals surface area (Å²) in [6.45, 7) is 1.69. The predicted octanol–water partition coefficient (Wildman–Crippen LogP) is -0.838. The van der Waals surface area contributed by atoms with Crippen LogP contribution >= 0.6 is 0 Å². The molecule has 0 atom stereocenters. The summed E-state index contributed by atoms with van der Waals surface area (Å²) in [6.07, 6.45) is 0. The van der Waals surface area contributed by atoms with Gasteiger partial charge >= 0.3 is 74.7 Å². The molecule has 0 N–H and O–H groups in total. The van der Waals surface area contributed by atoms with Crippen molar-refractivity contribution < 1.29 is 30.0 Å².